The fraction of sp³-hybridized carbons (Fsp3) is 0.0909. The molecule has 0 unspecified atom stereocenters. The molecule has 2 aromatic heterocycles. The number of benzene rings is 2. The molecule has 2 N–H and O–H groups in total. The standard InChI is InChI=1S/C22H17N3O5S/c26-19(23-24-22(29)18-10-5-11-31-18)13-30-20(27)12-25-16-8-3-1-6-14(16)21(28)15-7-2-4-9-17(15)25/h1-11H,12-13H2,(H,23,26)(H,24,29). The second-order valence-electron chi connectivity index (χ2n) is 6.59. The Morgan fingerprint density at radius 1 is 0.871 bits per heavy atom. The highest BCUT2D eigenvalue weighted by molar-refractivity contribution is 7.12. The Hall–Kier alpha value is -3.98. The number of nitrogens with one attached hydrogen (secondary N) is 2. The monoisotopic (exact) mass is 435 g/mol. The van der Waals surface area contributed by atoms with Gasteiger partial charge in [0.05, 0.1) is 15.9 Å². The number of aromatic nitrogens is 1. The predicted molar refractivity (Wildman–Crippen MR) is 117 cm³/mol. The molecule has 8 nitrogen and oxygen atoms in total. The van der Waals surface area contributed by atoms with Crippen LogP contribution in [0.2, 0.25) is 0 Å². The summed E-state index contributed by atoms with van der Waals surface area (Å²) in [6.07, 6.45) is 0. The maximum absolute atomic E-state index is 12.7. The number of carbonyl (C=O) groups excluding carboxylic acids is 3. The van der Waals surface area contributed by atoms with Crippen LogP contribution in [-0.2, 0) is 20.9 Å². The molecule has 31 heavy (non-hydrogen) atoms. The zero-order chi connectivity index (χ0) is 21.8. The fourth-order valence-corrected chi connectivity index (χ4v) is 3.82. The minimum atomic E-state index is -0.673. The maximum atomic E-state index is 12.7. The minimum absolute atomic E-state index is 0.114. The molecular weight excluding hydrogens is 418 g/mol. The summed E-state index contributed by atoms with van der Waals surface area (Å²) in [5, 5.41) is 2.72. The third kappa shape index (κ3) is 4.31. The zero-order valence-electron chi connectivity index (χ0n) is 16.2. The summed E-state index contributed by atoms with van der Waals surface area (Å²) in [6, 6.07) is 17.3. The normalized spacial score (nSPS) is 10.7. The molecule has 0 atom stereocenters. The molecule has 0 aliphatic rings. The average molecular weight is 435 g/mol. The van der Waals surface area contributed by atoms with Gasteiger partial charge in [-0.2, -0.15) is 0 Å². The smallest absolute Gasteiger partial charge is 0.326 e. The Morgan fingerprint density at radius 3 is 2.13 bits per heavy atom. The number of fused-ring (bicyclic) bond motifs is 2. The Labute approximate surface area is 180 Å². The van der Waals surface area contributed by atoms with Crippen molar-refractivity contribution in [2.75, 3.05) is 6.61 Å². The van der Waals surface area contributed by atoms with E-state index in [0.29, 0.717) is 26.7 Å². The molecule has 0 spiro atoms. The lowest BCUT2D eigenvalue weighted by molar-refractivity contribution is -0.149. The van der Waals surface area contributed by atoms with Crippen molar-refractivity contribution in [1.29, 1.82) is 0 Å². The van der Waals surface area contributed by atoms with Crippen LogP contribution in [0.1, 0.15) is 9.67 Å². The van der Waals surface area contributed by atoms with Crippen LogP contribution >= 0.6 is 11.3 Å². The molecule has 9 heteroatoms. The van der Waals surface area contributed by atoms with Crippen molar-refractivity contribution in [3.05, 3.63) is 81.1 Å². The first-order valence-electron chi connectivity index (χ1n) is 9.33. The van der Waals surface area contributed by atoms with Crippen LogP contribution in [-0.4, -0.2) is 29.0 Å². The van der Waals surface area contributed by atoms with Gasteiger partial charge in [0, 0.05) is 10.8 Å². The Morgan fingerprint density at radius 2 is 1.52 bits per heavy atom. The first kappa shape index (κ1) is 20.3. The second-order valence-corrected chi connectivity index (χ2v) is 7.54. The number of pyridine rings is 1. The van der Waals surface area contributed by atoms with Gasteiger partial charge in [-0.25, -0.2) is 0 Å². The van der Waals surface area contributed by atoms with E-state index in [1.807, 2.05) is 0 Å². The van der Waals surface area contributed by atoms with Crippen LogP contribution in [0.25, 0.3) is 21.8 Å². The summed E-state index contributed by atoms with van der Waals surface area (Å²) in [5.74, 6) is -1.78. The summed E-state index contributed by atoms with van der Waals surface area (Å²) < 4.78 is 6.75. The Bertz CT molecular complexity index is 1280. The van der Waals surface area contributed by atoms with E-state index in [0.717, 1.165) is 0 Å². The van der Waals surface area contributed by atoms with E-state index in [9.17, 15) is 19.2 Å². The first-order chi connectivity index (χ1) is 15.0. The van der Waals surface area contributed by atoms with Gasteiger partial charge in [-0.15, -0.1) is 11.3 Å². The average Bonchev–Trinajstić information content (AvgIpc) is 3.34. The molecule has 2 heterocycles. The van der Waals surface area contributed by atoms with Crippen LogP contribution in [0.15, 0.2) is 70.8 Å². The number of rotatable bonds is 5. The first-order valence-corrected chi connectivity index (χ1v) is 10.2. The van der Waals surface area contributed by atoms with Crippen LogP contribution in [0, 0.1) is 0 Å². The molecule has 0 bridgehead atoms. The van der Waals surface area contributed by atoms with Gasteiger partial charge in [0.25, 0.3) is 11.8 Å². The number of esters is 1. The Balaban J connectivity index is 1.45. The van der Waals surface area contributed by atoms with Crippen LogP contribution in [0.5, 0.6) is 0 Å². The molecule has 0 fully saturated rings. The van der Waals surface area contributed by atoms with Gasteiger partial charge in [0.15, 0.2) is 12.0 Å². The van der Waals surface area contributed by atoms with Gasteiger partial charge < -0.3 is 9.30 Å². The van der Waals surface area contributed by atoms with Crippen molar-refractivity contribution >= 4 is 50.9 Å². The molecule has 2 aromatic carbocycles. The number of hydrogen-bond acceptors (Lipinski definition) is 6. The van der Waals surface area contributed by atoms with Crippen molar-refractivity contribution in [2.45, 2.75) is 6.54 Å². The van der Waals surface area contributed by atoms with Crippen LogP contribution in [0.3, 0.4) is 0 Å². The van der Waals surface area contributed by atoms with Crippen molar-refractivity contribution < 1.29 is 19.1 Å². The van der Waals surface area contributed by atoms with E-state index in [-0.39, 0.29) is 12.0 Å². The highest BCUT2D eigenvalue weighted by Crippen LogP contribution is 2.19. The molecule has 0 saturated carbocycles. The maximum Gasteiger partial charge on any atom is 0.326 e. The van der Waals surface area contributed by atoms with Crippen LogP contribution < -0.4 is 16.3 Å². The fourth-order valence-electron chi connectivity index (χ4n) is 3.20. The largest absolute Gasteiger partial charge is 0.454 e. The number of carbonyl (C=O) groups is 3. The van der Waals surface area contributed by atoms with E-state index in [1.165, 1.54) is 11.3 Å². The molecular formula is C22H17N3O5S. The number of thiophene rings is 1. The van der Waals surface area contributed by atoms with E-state index >= 15 is 0 Å². The summed E-state index contributed by atoms with van der Waals surface area (Å²) in [7, 11) is 0. The number of hydrazine groups is 1. The van der Waals surface area contributed by atoms with Gasteiger partial charge in [-0.05, 0) is 35.7 Å². The Kier molecular flexibility index (Phi) is 5.76. The minimum Gasteiger partial charge on any atom is -0.454 e. The van der Waals surface area contributed by atoms with Gasteiger partial charge in [-0.1, -0.05) is 30.3 Å². The summed E-state index contributed by atoms with van der Waals surface area (Å²) >= 11 is 1.23. The number of hydrogen-bond donors (Lipinski definition) is 2. The summed E-state index contributed by atoms with van der Waals surface area (Å²) in [4.78, 5) is 49.3. The number of nitrogens with zero attached hydrogens (tertiary/aromatic N) is 1. The van der Waals surface area contributed by atoms with E-state index in [2.05, 4.69) is 10.9 Å². The van der Waals surface area contributed by atoms with E-state index in [1.54, 1.807) is 70.6 Å². The molecule has 0 aliphatic heterocycles. The number of amides is 2. The molecule has 4 aromatic rings. The molecule has 2 amide bonds. The van der Waals surface area contributed by atoms with Gasteiger partial charge in [0.1, 0.15) is 6.54 Å². The third-order valence-electron chi connectivity index (χ3n) is 4.59. The van der Waals surface area contributed by atoms with Gasteiger partial charge in [-0.3, -0.25) is 30.0 Å². The van der Waals surface area contributed by atoms with E-state index < -0.39 is 24.4 Å². The highest BCUT2D eigenvalue weighted by Gasteiger charge is 2.15. The van der Waals surface area contributed by atoms with Gasteiger partial charge >= 0.3 is 5.97 Å². The molecule has 0 saturated heterocycles. The van der Waals surface area contributed by atoms with Crippen molar-refractivity contribution in [3.63, 3.8) is 0 Å². The number of ether oxygens (including phenoxy) is 1. The van der Waals surface area contributed by atoms with Crippen molar-refractivity contribution in [2.24, 2.45) is 0 Å². The third-order valence-corrected chi connectivity index (χ3v) is 5.46. The topological polar surface area (TPSA) is 106 Å². The molecule has 0 radical (unpaired) electrons. The second kappa shape index (κ2) is 8.80. The predicted octanol–water partition coefficient (Wildman–Crippen LogP) is 2.22. The summed E-state index contributed by atoms with van der Waals surface area (Å²) in [6.45, 7) is -0.740. The summed E-state index contributed by atoms with van der Waals surface area (Å²) in [5.41, 5.74) is 5.53. The van der Waals surface area contributed by atoms with Crippen molar-refractivity contribution in [1.82, 2.24) is 15.4 Å². The van der Waals surface area contributed by atoms with E-state index in [4.69, 9.17) is 4.74 Å². The SMILES string of the molecule is O=C(COC(=O)Cn1c2ccccc2c(=O)c2ccccc21)NNC(=O)c1cccs1. The lowest BCUT2D eigenvalue weighted by Gasteiger charge is -2.14. The van der Waals surface area contributed by atoms with Crippen LogP contribution in [0.4, 0.5) is 0 Å². The lowest BCUT2D eigenvalue weighted by Crippen LogP contribution is -2.43. The molecule has 0 aliphatic carbocycles. The molecule has 156 valence electrons. The quantitative estimate of drug-likeness (QED) is 0.284. The van der Waals surface area contributed by atoms with Gasteiger partial charge in [0.2, 0.25) is 0 Å². The number of para-hydroxylation sites is 2. The highest BCUT2D eigenvalue weighted by atomic mass is 32.1. The zero-order valence-corrected chi connectivity index (χ0v) is 17.0. The van der Waals surface area contributed by atoms with Crippen molar-refractivity contribution in [3.8, 4) is 0 Å². The lowest BCUT2D eigenvalue weighted by atomic mass is 10.1. The molecule has 4 rings (SSSR count).